The molecule has 1 saturated heterocycles. The molecule has 6 nitrogen and oxygen atoms in total. The first-order valence-electron chi connectivity index (χ1n) is 9.54. The first-order chi connectivity index (χ1) is 12.7. The summed E-state index contributed by atoms with van der Waals surface area (Å²) in [5, 5.41) is 7.26. The second-order valence-corrected chi connectivity index (χ2v) is 6.95. The summed E-state index contributed by atoms with van der Waals surface area (Å²) in [5.74, 6) is 3.53. The quantitative estimate of drug-likeness (QED) is 0.660. The van der Waals surface area contributed by atoms with E-state index in [1.54, 1.807) is 0 Å². The van der Waals surface area contributed by atoms with Gasteiger partial charge in [-0.3, -0.25) is 4.99 Å². The van der Waals surface area contributed by atoms with Crippen molar-refractivity contribution in [2.24, 2.45) is 10.9 Å². The standard InChI is InChI=1S/C20H29N5O/c1-4-21-20(22-12-10-19-23-16(3)24-26-19)25-13-11-18(15(2)14-25)17-8-6-5-7-9-17/h5-9,15,18H,4,10-14H2,1-3H3,(H,21,22). The zero-order chi connectivity index (χ0) is 18.4. The van der Waals surface area contributed by atoms with Gasteiger partial charge in [0.05, 0.1) is 6.54 Å². The Morgan fingerprint density at radius 1 is 1.35 bits per heavy atom. The molecule has 2 heterocycles. The maximum absolute atomic E-state index is 5.17. The van der Waals surface area contributed by atoms with E-state index in [0.29, 0.717) is 36.5 Å². The highest BCUT2D eigenvalue weighted by molar-refractivity contribution is 5.80. The largest absolute Gasteiger partial charge is 0.357 e. The van der Waals surface area contributed by atoms with Crippen molar-refractivity contribution < 1.29 is 4.52 Å². The molecule has 0 bridgehead atoms. The van der Waals surface area contributed by atoms with Crippen LogP contribution in [0.2, 0.25) is 0 Å². The first-order valence-corrected chi connectivity index (χ1v) is 9.54. The molecule has 0 spiro atoms. The Kier molecular flexibility index (Phi) is 6.26. The van der Waals surface area contributed by atoms with Crippen LogP contribution in [0.1, 0.15) is 43.5 Å². The summed E-state index contributed by atoms with van der Waals surface area (Å²) in [5.41, 5.74) is 1.45. The highest BCUT2D eigenvalue weighted by atomic mass is 16.5. The van der Waals surface area contributed by atoms with Crippen LogP contribution >= 0.6 is 0 Å². The van der Waals surface area contributed by atoms with Crippen molar-refractivity contribution in [1.82, 2.24) is 20.4 Å². The van der Waals surface area contributed by atoms with Crippen LogP contribution in [0.15, 0.2) is 39.8 Å². The Balaban J connectivity index is 1.60. The fourth-order valence-corrected chi connectivity index (χ4v) is 3.66. The van der Waals surface area contributed by atoms with E-state index in [9.17, 15) is 0 Å². The van der Waals surface area contributed by atoms with E-state index in [2.05, 4.69) is 64.5 Å². The van der Waals surface area contributed by atoms with Crippen molar-refractivity contribution in [1.29, 1.82) is 0 Å². The summed E-state index contributed by atoms with van der Waals surface area (Å²) in [6, 6.07) is 10.9. The van der Waals surface area contributed by atoms with Crippen molar-refractivity contribution >= 4 is 5.96 Å². The minimum atomic E-state index is 0.591. The number of nitrogens with zero attached hydrogens (tertiary/aromatic N) is 4. The van der Waals surface area contributed by atoms with E-state index >= 15 is 0 Å². The Labute approximate surface area is 155 Å². The lowest BCUT2D eigenvalue weighted by molar-refractivity contribution is 0.234. The van der Waals surface area contributed by atoms with E-state index in [0.717, 1.165) is 32.0 Å². The fourth-order valence-electron chi connectivity index (χ4n) is 3.66. The van der Waals surface area contributed by atoms with Crippen LogP contribution < -0.4 is 5.32 Å². The Bertz CT molecular complexity index is 712. The summed E-state index contributed by atoms with van der Waals surface area (Å²) in [6.07, 6.45) is 1.82. The molecule has 1 N–H and O–H groups in total. The lowest BCUT2D eigenvalue weighted by atomic mass is 9.82. The van der Waals surface area contributed by atoms with Crippen LogP contribution in [-0.4, -0.2) is 47.2 Å². The molecule has 1 aliphatic rings. The third-order valence-corrected chi connectivity index (χ3v) is 4.92. The molecule has 2 aromatic rings. The molecule has 140 valence electrons. The summed E-state index contributed by atoms with van der Waals surface area (Å²) in [7, 11) is 0. The second-order valence-electron chi connectivity index (χ2n) is 6.95. The number of hydrogen-bond acceptors (Lipinski definition) is 4. The predicted octanol–water partition coefficient (Wildman–Crippen LogP) is 3.01. The molecule has 0 amide bonds. The molecule has 1 aliphatic heterocycles. The average molecular weight is 355 g/mol. The maximum Gasteiger partial charge on any atom is 0.228 e. The second kappa shape index (κ2) is 8.83. The molecule has 1 fully saturated rings. The highest BCUT2D eigenvalue weighted by Crippen LogP contribution is 2.32. The molecule has 0 saturated carbocycles. The van der Waals surface area contributed by atoms with Gasteiger partial charge in [0.1, 0.15) is 0 Å². The van der Waals surface area contributed by atoms with E-state index in [4.69, 9.17) is 9.52 Å². The summed E-state index contributed by atoms with van der Waals surface area (Å²) in [6.45, 7) is 9.84. The van der Waals surface area contributed by atoms with E-state index in [1.807, 2.05) is 6.92 Å². The van der Waals surface area contributed by atoms with Gasteiger partial charge in [0.2, 0.25) is 5.89 Å². The first kappa shape index (κ1) is 18.4. The predicted molar refractivity (Wildman–Crippen MR) is 103 cm³/mol. The minimum absolute atomic E-state index is 0.591. The number of piperidine rings is 1. The molecule has 0 aliphatic carbocycles. The van der Waals surface area contributed by atoms with Crippen molar-refractivity contribution in [3.05, 3.63) is 47.6 Å². The zero-order valence-electron chi connectivity index (χ0n) is 16.0. The van der Waals surface area contributed by atoms with Gasteiger partial charge in [-0.1, -0.05) is 42.4 Å². The number of rotatable bonds is 5. The number of nitrogens with one attached hydrogen (secondary N) is 1. The minimum Gasteiger partial charge on any atom is -0.357 e. The molecule has 26 heavy (non-hydrogen) atoms. The third kappa shape index (κ3) is 4.62. The highest BCUT2D eigenvalue weighted by Gasteiger charge is 2.28. The monoisotopic (exact) mass is 355 g/mol. The molecule has 2 atom stereocenters. The van der Waals surface area contributed by atoms with Gasteiger partial charge in [0.25, 0.3) is 0 Å². The van der Waals surface area contributed by atoms with Crippen LogP contribution in [0.25, 0.3) is 0 Å². The van der Waals surface area contributed by atoms with E-state index < -0.39 is 0 Å². The number of benzene rings is 1. The van der Waals surface area contributed by atoms with Crippen molar-refractivity contribution in [3.8, 4) is 0 Å². The number of aromatic nitrogens is 2. The van der Waals surface area contributed by atoms with Crippen LogP contribution in [0.4, 0.5) is 0 Å². The molecular formula is C20H29N5O. The van der Waals surface area contributed by atoms with Crippen molar-refractivity contribution in [2.75, 3.05) is 26.2 Å². The van der Waals surface area contributed by atoms with Crippen molar-refractivity contribution in [3.63, 3.8) is 0 Å². The number of likely N-dealkylation sites (tertiary alicyclic amines) is 1. The fraction of sp³-hybridized carbons (Fsp3) is 0.550. The molecule has 1 aromatic carbocycles. The van der Waals surface area contributed by atoms with Gasteiger partial charge in [-0.25, -0.2) is 0 Å². The number of hydrogen-bond donors (Lipinski definition) is 1. The maximum atomic E-state index is 5.17. The zero-order valence-corrected chi connectivity index (χ0v) is 16.0. The molecule has 2 unspecified atom stereocenters. The Hall–Kier alpha value is -2.37. The van der Waals surface area contributed by atoms with Gasteiger partial charge >= 0.3 is 0 Å². The summed E-state index contributed by atoms with van der Waals surface area (Å²) in [4.78, 5) is 11.4. The summed E-state index contributed by atoms with van der Waals surface area (Å²) < 4.78 is 5.17. The molecular weight excluding hydrogens is 326 g/mol. The lowest BCUT2D eigenvalue weighted by Gasteiger charge is -2.39. The van der Waals surface area contributed by atoms with E-state index in [1.165, 1.54) is 5.56 Å². The normalized spacial score (nSPS) is 21.0. The van der Waals surface area contributed by atoms with Gasteiger partial charge in [-0.05, 0) is 37.7 Å². The van der Waals surface area contributed by atoms with Gasteiger partial charge in [-0.2, -0.15) is 4.98 Å². The third-order valence-electron chi connectivity index (χ3n) is 4.92. The topological polar surface area (TPSA) is 66.5 Å². The van der Waals surface area contributed by atoms with Gasteiger partial charge in [-0.15, -0.1) is 0 Å². The smallest absolute Gasteiger partial charge is 0.228 e. The molecule has 6 heteroatoms. The van der Waals surface area contributed by atoms with Gasteiger partial charge < -0.3 is 14.7 Å². The number of guanidine groups is 1. The molecule has 3 rings (SSSR count). The number of aliphatic imine (C=N–C) groups is 1. The number of aryl methyl sites for hydroxylation is 1. The van der Waals surface area contributed by atoms with Crippen LogP contribution in [0.3, 0.4) is 0 Å². The Morgan fingerprint density at radius 2 is 2.15 bits per heavy atom. The van der Waals surface area contributed by atoms with Crippen LogP contribution in [0.5, 0.6) is 0 Å². The lowest BCUT2D eigenvalue weighted by Crippen LogP contribution is -2.48. The molecule has 1 aromatic heterocycles. The SMILES string of the molecule is CCNC(=NCCc1nc(C)no1)N1CCC(c2ccccc2)C(C)C1. The van der Waals surface area contributed by atoms with E-state index in [-0.39, 0.29) is 0 Å². The van der Waals surface area contributed by atoms with Crippen LogP contribution in [-0.2, 0) is 6.42 Å². The van der Waals surface area contributed by atoms with Crippen molar-refractivity contribution in [2.45, 2.75) is 39.5 Å². The molecule has 0 radical (unpaired) electrons. The van der Waals surface area contributed by atoms with Gasteiger partial charge in [0, 0.05) is 26.1 Å². The Morgan fingerprint density at radius 3 is 2.81 bits per heavy atom. The average Bonchev–Trinajstić information content (AvgIpc) is 3.07. The van der Waals surface area contributed by atoms with Gasteiger partial charge in [0.15, 0.2) is 11.8 Å². The summed E-state index contributed by atoms with van der Waals surface area (Å²) >= 11 is 0. The van der Waals surface area contributed by atoms with Crippen LogP contribution in [0, 0.1) is 12.8 Å².